The number of benzene rings is 1. The lowest BCUT2D eigenvalue weighted by atomic mass is 10.2. The van der Waals surface area contributed by atoms with Crippen LogP contribution in [0.2, 0.25) is 5.02 Å². The SMILES string of the molecule is O=C1CCN=C(S/C(=C/c2ccc(Cl)cc2)C(=O)[O-])N1. The fourth-order valence-corrected chi connectivity index (χ4v) is 2.42. The van der Waals surface area contributed by atoms with Crippen LogP contribution in [0.4, 0.5) is 0 Å². The molecule has 2 rings (SSSR count). The second kappa shape index (κ2) is 6.58. The summed E-state index contributed by atoms with van der Waals surface area (Å²) in [6.07, 6.45) is 1.76. The summed E-state index contributed by atoms with van der Waals surface area (Å²) in [6.45, 7) is 0.357. The molecular weight excluding hydrogens is 300 g/mol. The molecule has 1 N–H and O–H groups in total. The van der Waals surface area contributed by atoms with Crippen molar-refractivity contribution in [1.29, 1.82) is 0 Å². The standard InChI is InChI=1S/C13H11ClN2O3S/c14-9-3-1-8(2-4-9)7-10(12(18)19)20-13-15-6-5-11(17)16-13/h1-4,7H,5-6H2,(H,18,19)(H,15,16,17)/p-1/b10-7+. The summed E-state index contributed by atoms with van der Waals surface area (Å²) in [4.78, 5) is 26.4. The zero-order chi connectivity index (χ0) is 14.5. The maximum absolute atomic E-state index is 11.2. The number of halogens is 1. The lowest BCUT2D eigenvalue weighted by molar-refractivity contribution is -0.297. The minimum absolute atomic E-state index is 0.0340. The second-order valence-electron chi connectivity index (χ2n) is 3.93. The van der Waals surface area contributed by atoms with Crippen LogP contribution in [0.15, 0.2) is 34.2 Å². The van der Waals surface area contributed by atoms with Crippen molar-refractivity contribution in [2.75, 3.05) is 6.54 Å². The monoisotopic (exact) mass is 309 g/mol. The summed E-state index contributed by atoms with van der Waals surface area (Å²) in [5.74, 6) is -1.50. The molecule has 0 aromatic heterocycles. The Labute approximate surface area is 124 Å². The fourth-order valence-electron chi connectivity index (χ4n) is 1.48. The predicted molar refractivity (Wildman–Crippen MR) is 77.1 cm³/mol. The fraction of sp³-hybridized carbons (Fsp3) is 0.154. The Morgan fingerprint density at radius 1 is 1.40 bits per heavy atom. The summed E-state index contributed by atoms with van der Waals surface area (Å²) >= 11 is 6.62. The van der Waals surface area contributed by atoms with Crippen LogP contribution >= 0.6 is 23.4 Å². The van der Waals surface area contributed by atoms with Crippen molar-refractivity contribution in [3.8, 4) is 0 Å². The summed E-state index contributed by atoms with van der Waals surface area (Å²) in [6, 6.07) is 6.69. The number of thioether (sulfide) groups is 1. The van der Waals surface area contributed by atoms with E-state index in [-0.39, 0.29) is 16.0 Å². The van der Waals surface area contributed by atoms with Crippen molar-refractivity contribution in [2.24, 2.45) is 4.99 Å². The van der Waals surface area contributed by atoms with E-state index in [1.165, 1.54) is 6.08 Å². The van der Waals surface area contributed by atoms with Crippen molar-refractivity contribution in [1.82, 2.24) is 5.32 Å². The molecule has 1 amide bonds. The molecule has 20 heavy (non-hydrogen) atoms. The number of aliphatic imine (C=N–C) groups is 1. The molecule has 1 heterocycles. The normalized spacial score (nSPS) is 15.6. The molecule has 0 spiro atoms. The van der Waals surface area contributed by atoms with E-state index in [2.05, 4.69) is 10.3 Å². The Bertz CT molecular complexity index is 596. The average Bonchev–Trinajstić information content (AvgIpc) is 2.40. The van der Waals surface area contributed by atoms with Gasteiger partial charge in [0.05, 0.1) is 12.5 Å². The molecule has 104 valence electrons. The van der Waals surface area contributed by atoms with E-state index in [4.69, 9.17) is 11.6 Å². The number of aliphatic carboxylic acids is 1. The van der Waals surface area contributed by atoms with Gasteiger partial charge in [0.25, 0.3) is 0 Å². The molecule has 0 bridgehead atoms. The number of rotatable bonds is 3. The third-order valence-electron chi connectivity index (χ3n) is 2.42. The highest BCUT2D eigenvalue weighted by Gasteiger charge is 2.14. The highest BCUT2D eigenvalue weighted by atomic mass is 35.5. The summed E-state index contributed by atoms with van der Waals surface area (Å²) in [5.41, 5.74) is 0.670. The van der Waals surface area contributed by atoms with Gasteiger partial charge in [-0.2, -0.15) is 0 Å². The van der Waals surface area contributed by atoms with Gasteiger partial charge in [-0.25, -0.2) is 0 Å². The molecule has 1 aliphatic rings. The van der Waals surface area contributed by atoms with E-state index >= 15 is 0 Å². The molecule has 0 aliphatic carbocycles. The van der Waals surface area contributed by atoms with Crippen LogP contribution in [-0.2, 0) is 9.59 Å². The Balaban J connectivity index is 2.19. The lowest BCUT2D eigenvalue weighted by Gasteiger charge is -2.14. The number of carbonyl (C=O) groups is 2. The first-order chi connectivity index (χ1) is 9.54. The van der Waals surface area contributed by atoms with Gasteiger partial charge in [-0.15, -0.1) is 0 Å². The number of amidine groups is 1. The van der Waals surface area contributed by atoms with E-state index in [1.54, 1.807) is 24.3 Å². The van der Waals surface area contributed by atoms with Crippen molar-refractivity contribution in [3.05, 3.63) is 39.8 Å². The van der Waals surface area contributed by atoms with Gasteiger partial charge in [-0.05, 0) is 23.8 Å². The third kappa shape index (κ3) is 4.11. The maximum atomic E-state index is 11.2. The highest BCUT2D eigenvalue weighted by Crippen LogP contribution is 2.21. The van der Waals surface area contributed by atoms with Crippen molar-refractivity contribution < 1.29 is 14.7 Å². The van der Waals surface area contributed by atoms with Crippen molar-refractivity contribution >= 4 is 46.5 Å². The van der Waals surface area contributed by atoms with Gasteiger partial charge in [-0.1, -0.05) is 35.5 Å². The predicted octanol–water partition coefficient (Wildman–Crippen LogP) is 1.04. The van der Waals surface area contributed by atoms with Crippen LogP contribution in [0.25, 0.3) is 6.08 Å². The number of carbonyl (C=O) groups excluding carboxylic acids is 2. The first-order valence-electron chi connectivity index (χ1n) is 5.75. The van der Waals surface area contributed by atoms with Gasteiger partial charge in [0.15, 0.2) is 5.17 Å². The number of carboxylic acid groups (broad SMARTS) is 1. The quantitative estimate of drug-likeness (QED) is 0.846. The summed E-state index contributed by atoms with van der Waals surface area (Å²) < 4.78 is 0. The largest absolute Gasteiger partial charge is 0.544 e. The van der Waals surface area contributed by atoms with E-state index in [0.29, 0.717) is 23.6 Å². The highest BCUT2D eigenvalue weighted by molar-refractivity contribution is 8.18. The molecule has 7 heteroatoms. The first-order valence-corrected chi connectivity index (χ1v) is 6.95. The van der Waals surface area contributed by atoms with E-state index < -0.39 is 5.97 Å². The van der Waals surface area contributed by atoms with Gasteiger partial charge < -0.3 is 15.2 Å². The molecule has 0 radical (unpaired) electrons. The molecule has 1 aromatic carbocycles. The zero-order valence-corrected chi connectivity index (χ0v) is 11.8. The number of hydrogen-bond donors (Lipinski definition) is 1. The minimum Gasteiger partial charge on any atom is -0.544 e. The van der Waals surface area contributed by atoms with E-state index in [1.807, 2.05) is 0 Å². The molecule has 0 fully saturated rings. The summed E-state index contributed by atoms with van der Waals surface area (Å²) in [7, 11) is 0. The molecule has 5 nitrogen and oxygen atoms in total. The van der Waals surface area contributed by atoms with Gasteiger partial charge in [-0.3, -0.25) is 9.79 Å². The minimum atomic E-state index is -1.33. The number of nitrogens with zero attached hydrogens (tertiary/aromatic N) is 1. The van der Waals surface area contributed by atoms with Crippen LogP contribution in [0.3, 0.4) is 0 Å². The van der Waals surface area contributed by atoms with Crippen LogP contribution < -0.4 is 10.4 Å². The Kier molecular flexibility index (Phi) is 4.81. The van der Waals surface area contributed by atoms with Crippen LogP contribution in [-0.4, -0.2) is 23.6 Å². The molecule has 0 saturated heterocycles. The number of carboxylic acids is 1. The number of hydrogen-bond acceptors (Lipinski definition) is 5. The van der Waals surface area contributed by atoms with Gasteiger partial charge in [0.1, 0.15) is 0 Å². The Hall–Kier alpha value is -1.79. The smallest absolute Gasteiger partial charge is 0.227 e. The topological polar surface area (TPSA) is 81.6 Å². The lowest BCUT2D eigenvalue weighted by Crippen LogP contribution is -2.34. The molecule has 0 atom stereocenters. The zero-order valence-electron chi connectivity index (χ0n) is 10.3. The average molecular weight is 310 g/mol. The van der Waals surface area contributed by atoms with E-state index in [0.717, 1.165) is 11.8 Å². The molecule has 0 unspecified atom stereocenters. The number of amides is 1. The second-order valence-corrected chi connectivity index (χ2v) is 5.40. The van der Waals surface area contributed by atoms with E-state index in [9.17, 15) is 14.7 Å². The summed E-state index contributed by atoms with van der Waals surface area (Å²) in [5, 5.41) is 14.5. The van der Waals surface area contributed by atoms with Crippen molar-refractivity contribution in [3.63, 3.8) is 0 Å². The first kappa shape index (κ1) is 14.6. The van der Waals surface area contributed by atoms with Gasteiger partial charge >= 0.3 is 0 Å². The Morgan fingerprint density at radius 3 is 2.70 bits per heavy atom. The molecule has 0 saturated carbocycles. The van der Waals surface area contributed by atoms with Gasteiger partial charge in [0, 0.05) is 16.3 Å². The molecule has 1 aromatic rings. The third-order valence-corrected chi connectivity index (χ3v) is 3.60. The van der Waals surface area contributed by atoms with Crippen LogP contribution in [0, 0.1) is 0 Å². The number of nitrogens with one attached hydrogen (secondary N) is 1. The van der Waals surface area contributed by atoms with Crippen molar-refractivity contribution in [2.45, 2.75) is 6.42 Å². The van der Waals surface area contributed by atoms with Gasteiger partial charge in [0.2, 0.25) is 5.91 Å². The Morgan fingerprint density at radius 2 is 2.10 bits per heavy atom. The molecule has 1 aliphatic heterocycles. The maximum Gasteiger partial charge on any atom is 0.227 e. The molecular formula is C13H10ClN2O3S-. The van der Waals surface area contributed by atoms with Crippen LogP contribution in [0.1, 0.15) is 12.0 Å². The van der Waals surface area contributed by atoms with Crippen LogP contribution in [0.5, 0.6) is 0 Å².